The van der Waals surface area contributed by atoms with Gasteiger partial charge in [0, 0.05) is 0 Å². The maximum Gasteiger partial charge on any atom is -0.0292 e. The Labute approximate surface area is 56.6 Å². The van der Waals surface area contributed by atoms with Gasteiger partial charge in [0.05, 0.1) is 0 Å². The average Bonchev–Trinajstić information content (AvgIpc) is 2.49. The molecule has 2 bridgehead atoms. The van der Waals surface area contributed by atoms with E-state index in [-0.39, 0.29) is 0 Å². The molecule has 0 aromatic heterocycles. The Morgan fingerprint density at radius 3 is 1.00 bits per heavy atom. The quantitative estimate of drug-likeness (QED) is 0.463. The first kappa shape index (κ1) is 4.76. The van der Waals surface area contributed by atoms with E-state index < -0.39 is 0 Å². The predicted octanol–water partition coefficient (Wildman–Crippen LogP) is 2.73. The molecule has 0 nitrogen and oxygen atoms in total. The topological polar surface area (TPSA) is 0 Å². The summed E-state index contributed by atoms with van der Waals surface area (Å²) in [7, 11) is 0. The molecule has 3 aliphatic carbocycles. The molecular weight excluding hydrogens is 108 g/mol. The van der Waals surface area contributed by atoms with Crippen LogP contribution in [0.1, 0.15) is 44.9 Å². The molecule has 0 heteroatoms. The first-order valence-corrected chi connectivity index (χ1v) is 4.33. The van der Waals surface area contributed by atoms with Crippen LogP contribution in [0, 0.1) is 10.8 Å². The van der Waals surface area contributed by atoms with Gasteiger partial charge in [-0.05, 0) is 55.8 Å². The van der Waals surface area contributed by atoms with E-state index in [2.05, 4.69) is 0 Å². The number of hydrogen-bond acceptors (Lipinski definition) is 0. The molecule has 3 rings (SSSR count). The lowest BCUT2D eigenvalue weighted by molar-refractivity contribution is 0.176. The molecule has 0 atom stereocenters. The molecule has 0 aliphatic heterocycles. The second kappa shape index (κ2) is 1.09. The SMILES string of the molecule is C1CC23CCC1(CC2)C3. The Kier molecular flexibility index (Phi) is 0.574. The highest BCUT2D eigenvalue weighted by molar-refractivity contribution is 5.10. The highest BCUT2D eigenvalue weighted by Gasteiger charge is 2.58. The summed E-state index contributed by atoms with van der Waals surface area (Å²) in [5.74, 6) is 0. The van der Waals surface area contributed by atoms with E-state index in [0.29, 0.717) is 0 Å². The van der Waals surface area contributed by atoms with Crippen molar-refractivity contribution in [3.8, 4) is 0 Å². The van der Waals surface area contributed by atoms with Gasteiger partial charge in [-0.2, -0.15) is 0 Å². The Morgan fingerprint density at radius 1 is 0.556 bits per heavy atom. The van der Waals surface area contributed by atoms with Gasteiger partial charge in [0.25, 0.3) is 0 Å². The summed E-state index contributed by atoms with van der Waals surface area (Å²) in [6.07, 6.45) is 11.2. The summed E-state index contributed by atoms with van der Waals surface area (Å²) in [6.45, 7) is 0. The van der Waals surface area contributed by atoms with Gasteiger partial charge in [-0.25, -0.2) is 0 Å². The molecule has 3 saturated carbocycles. The maximum atomic E-state index is 1.62. The third-order valence-electron chi connectivity index (χ3n) is 4.31. The van der Waals surface area contributed by atoms with E-state index in [1.54, 1.807) is 44.9 Å². The van der Waals surface area contributed by atoms with Gasteiger partial charge in [0.2, 0.25) is 0 Å². The lowest BCUT2D eigenvalue weighted by Crippen LogP contribution is -2.21. The van der Waals surface area contributed by atoms with Crippen LogP contribution in [0.3, 0.4) is 0 Å². The molecular formula is C9H14. The van der Waals surface area contributed by atoms with E-state index in [1.165, 1.54) is 0 Å². The van der Waals surface area contributed by atoms with Crippen LogP contribution in [-0.2, 0) is 0 Å². The molecule has 0 aromatic rings. The minimum Gasteiger partial charge on any atom is -0.0470 e. The van der Waals surface area contributed by atoms with Gasteiger partial charge in [0.15, 0.2) is 0 Å². The van der Waals surface area contributed by atoms with Crippen LogP contribution < -0.4 is 0 Å². The Hall–Kier alpha value is 0. The molecule has 9 heavy (non-hydrogen) atoms. The van der Waals surface area contributed by atoms with Crippen LogP contribution in [0.2, 0.25) is 0 Å². The minimum absolute atomic E-state index is 0.917. The molecule has 50 valence electrons. The molecule has 0 unspecified atom stereocenters. The van der Waals surface area contributed by atoms with Crippen LogP contribution in [0.4, 0.5) is 0 Å². The Morgan fingerprint density at radius 2 is 0.889 bits per heavy atom. The van der Waals surface area contributed by atoms with Crippen LogP contribution in [-0.4, -0.2) is 0 Å². The fourth-order valence-electron chi connectivity index (χ4n) is 3.67. The summed E-state index contributed by atoms with van der Waals surface area (Å²) >= 11 is 0. The van der Waals surface area contributed by atoms with Crippen LogP contribution in [0.15, 0.2) is 0 Å². The standard InChI is InChI=1S/C9H14/c1-2-9-5-3-8(1,7-9)4-6-9/h1-7H2. The molecule has 0 amide bonds. The van der Waals surface area contributed by atoms with Crippen molar-refractivity contribution in [2.75, 3.05) is 0 Å². The van der Waals surface area contributed by atoms with Gasteiger partial charge >= 0.3 is 0 Å². The Balaban J connectivity index is 2.13. The maximum absolute atomic E-state index is 1.62. The van der Waals surface area contributed by atoms with Crippen molar-refractivity contribution in [1.82, 2.24) is 0 Å². The molecule has 3 fully saturated rings. The highest BCUT2D eigenvalue weighted by atomic mass is 14.6. The summed E-state index contributed by atoms with van der Waals surface area (Å²) < 4.78 is 0. The fraction of sp³-hybridized carbons (Fsp3) is 1.00. The van der Waals surface area contributed by atoms with Crippen LogP contribution in [0.25, 0.3) is 0 Å². The summed E-state index contributed by atoms with van der Waals surface area (Å²) in [5.41, 5.74) is 1.83. The van der Waals surface area contributed by atoms with Crippen molar-refractivity contribution in [1.29, 1.82) is 0 Å². The van der Waals surface area contributed by atoms with Crippen molar-refractivity contribution in [3.05, 3.63) is 0 Å². The lowest BCUT2D eigenvalue weighted by Gasteiger charge is -2.34. The average molecular weight is 122 g/mol. The van der Waals surface area contributed by atoms with Crippen molar-refractivity contribution in [3.63, 3.8) is 0 Å². The molecule has 0 radical (unpaired) electrons. The summed E-state index contributed by atoms with van der Waals surface area (Å²) in [6, 6.07) is 0. The molecule has 3 aliphatic rings. The van der Waals surface area contributed by atoms with Crippen molar-refractivity contribution in [2.45, 2.75) is 44.9 Å². The first-order valence-electron chi connectivity index (χ1n) is 4.33. The zero-order chi connectivity index (χ0) is 5.95. The van der Waals surface area contributed by atoms with E-state index >= 15 is 0 Å². The second-order valence-corrected chi connectivity index (χ2v) is 4.68. The summed E-state index contributed by atoms with van der Waals surface area (Å²) in [5, 5.41) is 0. The first-order chi connectivity index (χ1) is 4.33. The minimum atomic E-state index is 0.917. The fourth-order valence-corrected chi connectivity index (χ4v) is 3.67. The highest BCUT2D eigenvalue weighted by Crippen LogP contribution is 2.71. The van der Waals surface area contributed by atoms with Crippen molar-refractivity contribution < 1.29 is 0 Å². The zero-order valence-electron chi connectivity index (χ0n) is 5.95. The zero-order valence-corrected chi connectivity index (χ0v) is 5.95. The third-order valence-corrected chi connectivity index (χ3v) is 4.31. The molecule has 0 N–H and O–H groups in total. The molecule has 0 spiro atoms. The van der Waals surface area contributed by atoms with Crippen LogP contribution >= 0.6 is 0 Å². The lowest BCUT2D eigenvalue weighted by atomic mass is 9.71. The normalized spacial score (nSPS) is 61.3. The van der Waals surface area contributed by atoms with E-state index in [1.807, 2.05) is 0 Å². The van der Waals surface area contributed by atoms with Gasteiger partial charge in [-0.1, -0.05) is 0 Å². The van der Waals surface area contributed by atoms with Crippen molar-refractivity contribution >= 4 is 0 Å². The van der Waals surface area contributed by atoms with Crippen LogP contribution in [0.5, 0.6) is 0 Å². The molecule has 0 aromatic carbocycles. The molecule has 0 heterocycles. The number of rotatable bonds is 0. The predicted molar refractivity (Wildman–Crippen MR) is 37.2 cm³/mol. The smallest absolute Gasteiger partial charge is 0.0292 e. The largest absolute Gasteiger partial charge is 0.0470 e. The monoisotopic (exact) mass is 122 g/mol. The van der Waals surface area contributed by atoms with E-state index in [4.69, 9.17) is 0 Å². The van der Waals surface area contributed by atoms with Gasteiger partial charge in [0.1, 0.15) is 0 Å². The third kappa shape index (κ3) is 0.395. The number of hydrogen-bond donors (Lipinski definition) is 0. The van der Waals surface area contributed by atoms with Gasteiger partial charge in [-0.3, -0.25) is 0 Å². The second-order valence-electron chi connectivity index (χ2n) is 4.68. The molecule has 0 saturated heterocycles. The summed E-state index contributed by atoms with van der Waals surface area (Å²) in [4.78, 5) is 0. The Bertz CT molecular complexity index is 115. The van der Waals surface area contributed by atoms with Gasteiger partial charge in [-0.15, -0.1) is 0 Å². The van der Waals surface area contributed by atoms with E-state index in [9.17, 15) is 0 Å². The van der Waals surface area contributed by atoms with Crippen molar-refractivity contribution in [2.24, 2.45) is 10.8 Å². The van der Waals surface area contributed by atoms with Gasteiger partial charge < -0.3 is 0 Å². The van der Waals surface area contributed by atoms with E-state index in [0.717, 1.165) is 10.8 Å².